The minimum Gasteiger partial charge on any atom is -0.503 e. The van der Waals surface area contributed by atoms with Gasteiger partial charge in [0.2, 0.25) is 0 Å². The number of carbonyl (C=O) groups excluding carboxylic acids is 1. The Kier molecular flexibility index (Phi) is 9.47. The van der Waals surface area contributed by atoms with Gasteiger partial charge in [-0.25, -0.2) is 9.18 Å². The van der Waals surface area contributed by atoms with Crippen molar-refractivity contribution >= 4 is 23.0 Å². The third-order valence-corrected chi connectivity index (χ3v) is 4.13. The Labute approximate surface area is 186 Å². The number of carbonyl (C=O) groups is 1. The average molecular weight is 438 g/mol. The molecule has 32 heavy (non-hydrogen) atoms. The van der Waals surface area contributed by atoms with Gasteiger partial charge in [-0.3, -0.25) is 0 Å². The lowest BCUT2D eigenvalue weighted by molar-refractivity contribution is -0.133. The lowest BCUT2D eigenvalue weighted by Crippen LogP contribution is -2.14. The van der Waals surface area contributed by atoms with Gasteiger partial charge < -0.3 is 19.1 Å². The van der Waals surface area contributed by atoms with E-state index >= 15 is 0 Å². The fraction of sp³-hybridized carbons (Fsp3) is 0.208. The SMILES string of the molecule is C#CCO/N=C(/C(C)=N/OCc1ccccc1/C(=C\OC)C(=O)OC)c1ccc(F)cc1. The minimum atomic E-state index is -0.546. The van der Waals surface area contributed by atoms with Crippen LogP contribution in [0.1, 0.15) is 23.6 Å². The van der Waals surface area contributed by atoms with Gasteiger partial charge in [0, 0.05) is 11.1 Å². The van der Waals surface area contributed by atoms with Crippen LogP contribution in [-0.2, 0) is 30.6 Å². The van der Waals surface area contributed by atoms with Crippen LogP contribution >= 0.6 is 0 Å². The van der Waals surface area contributed by atoms with Crippen molar-refractivity contribution in [1.29, 1.82) is 0 Å². The Hall–Kier alpha value is -4.12. The monoisotopic (exact) mass is 438 g/mol. The largest absolute Gasteiger partial charge is 0.503 e. The van der Waals surface area contributed by atoms with Gasteiger partial charge in [0.25, 0.3) is 0 Å². The number of hydrogen-bond donors (Lipinski definition) is 0. The Balaban J connectivity index is 2.26. The van der Waals surface area contributed by atoms with Gasteiger partial charge in [-0.1, -0.05) is 40.5 Å². The highest BCUT2D eigenvalue weighted by atomic mass is 19.1. The predicted octanol–water partition coefficient (Wildman–Crippen LogP) is 3.93. The molecule has 2 aromatic carbocycles. The highest BCUT2D eigenvalue weighted by molar-refractivity contribution is 6.47. The molecule has 0 atom stereocenters. The maximum atomic E-state index is 13.3. The third kappa shape index (κ3) is 6.71. The standard InChI is InChI=1S/C24H23FN2O5/c1-5-14-31-27-23(18-10-12-20(25)13-11-18)17(2)26-32-15-19-8-6-7-9-21(19)22(16-29-3)24(28)30-4/h1,6-13,16H,14-15H2,2-4H3/b22-16+,26-17+,27-23-. The van der Waals surface area contributed by atoms with Gasteiger partial charge in [0.05, 0.1) is 20.5 Å². The summed E-state index contributed by atoms with van der Waals surface area (Å²) in [6.07, 6.45) is 6.50. The first-order chi connectivity index (χ1) is 15.5. The van der Waals surface area contributed by atoms with Crippen molar-refractivity contribution in [1.82, 2.24) is 0 Å². The van der Waals surface area contributed by atoms with E-state index in [2.05, 4.69) is 16.2 Å². The fourth-order valence-corrected chi connectivity index (χ4v) is 2.67. The number of nitrogens with zero attached hydrogens (tertiary/aromatic N) is 2. The van der Waals surface area contributed by atoms with E-state index < -0.39 is 5.97 Å². The number of hydrogen-bond acceptors (Lipinski definition) is 7. The number of methoxy groups -OCH3 is 2. The van der Waals surface area contributed by atoms with Crippen LogP contribution in [0.3, 0.4) is 0 Å². The van der Waals surface area contributed by atoms with E-state index in [1.54, 1.807) is 43.3 Å². The second-order valence-electron chi connectivity index (χ2n) is 6.29. The van der Waals surface area contributed by atoms with Crippen LogP contribution in [0, 0.1) is 18.2 Å². The Morgan fingerprint density at radius 3 is 2.47 bits per heavy atom. The molecule has 0 aliphatic rings. The van der Waals surface area contributed by atoms with E-state index in [4.69, 9.17) is 25.6 Å². The van der Waals surface area contributed by atoms with Gasteiger partial charge in [-0.2, -0.15) is 0 Å². The molecule has 7 nitrogen and oxygen atoms in total. The quantitative estimate of drug-likeness (QED) is 0.107. The van der Waals surface area contributed by atoms with Crippen LogP contribution < -0.4 is 0 Å². The van der Waals surface area contributed by atoms with E-state index in [9.17, 15) is 9.18 Å². The molecular formula is C24H23FN2O5. The van der Waals surface area contributed by atoms with Crippen molar-refractivity contribution in [2.45, 2.75) is 13.5 Å². The summed E-state index contributed by atoms with van der Waals surface area (Å²) < 4.78 is 23.1. The molecule has 2 rings (SSSR count). The van der Waals surface area contributed by atoms with E-state index in [-0.39, 0.29) is 24.6 Å². The number of halogens is 1. The van der Waals surface area contributed by atoms with E-state index in [0.29, 0.717) is 28.1 Å². The first-order valence-electron chi connectivity index (χ1n) is 9.47. The van der Waals surface area contributed by atoms with Crippen molar-refractivity contribution in [2.75, 3.05) is 20.8 Å². The summed E-state index contributed by atoms with van der Waals surface area (Å²) in [6.45, 7) is 1.68. The summed E-state index contributed by atoms with van der Waals surface area (Å²) in [4.78, 5) is 22.7. The zero-order valence-electron chi connectivity index (χ0n) is 18.0. The second kappa shape index (κ2) is 12.5. The smallest absolute Gasteiger partial charge is 0.341 e. The average Bonchev–Trinajstić information content (AvgIpc) is 2.81. The molecule has 0 radical (unpaired) electrons. The number of benzene rings is 2. The molecule has 0 saturated carbocycles. The van der Waals surface area contributed by atoms with Crippen molar-refractivity contribution < 1.29 is 28.3 Å². The first kappa shape index (κ1) is 24.2. The molecule has 0 fully saturated rings. The molecule has 2 aromatic rings. The molecule has 0 N–H and O–H groups in total. The maximum absolute atomic E-state index is 13.3. The number of esters is 1. The molecule has 166 valence electrons. The van der Waals surface area contributed by atoms with Crippen molar-refractivity contribution in [3.63, 3.8) is 0 Å². The summed E-state index contributed by atoms with van der Waals surface area (Å²) in [5, 5.41) is 8.10. The zero-order valence-corrected chi connectivity index (χ0v) is 18.0. The first-order valence-corrected chi connectivity index (χ1v) is 9.47. The normalized spacial score (nSPS) is 12.0. The van der Waals surface area contributed by atoms with Crippen molar-refractivity contribution in [3.05, 3.63) is 77.3 Å². The second-order valence-corrected chi connectivity index (χ2v) is 6.29. The topological polar surface area (TPSA) is 78.7 Å². The van der Waals surface area contributed by atoms with E-state index in [0.717, 1.165) is 0 Å². The molecule has 0 aliphatic carbocycles. The van der Waals surface area contributed by atoms with Crippen LogP contribution in [0.5, 0.6) is 0 Å². The highest BCUT2D eigenvalue weighted by Gasteiger charge is 2.17. The lowest BCUT2D eigenvalue weighted by Gasteiger charge is -2.11. The van der Waals surface area contributed by atoms with Gasteiger partial charge in [-0.05, 0) is 36.8 Å². The van der Waals surface area contributed by atoms with Gasteiger partial charge in [0.15, 0.2) is 6.61 Å². The summed E-state index contributed by atoms with van der Waals surface area (Å²) >= 11 is 0. The molecule has 0 heterocycles. The summed E-state index contributed by atoms with van der Waals surface area (Å²) in [7, 11) is 2.73. The molecule has 0 amide bonds. The van der Waals surface area contributed by atoms with Gasteiger partial charge in [0.1, 0.15) is 29.4 Å². The molecule has 0 spiro atoms. The third-order valence-electron chi connectivity index (χ3n) is 4.13. The van der Waals surface area contributed by atoms with Crippen LogP contribution in [0.4, 0.5) is 4.39 Å². The Bertz CT molecular complexity index is 1050. The Morgan fingerprint density at radius 2 is 1.81 bits per heavy atom. The summed E-state index contributed by atoms with van der Waals surface area (Å²) in [6, 6.07) is 12.8. The van der Waals surface area contributed by atoms with Crippen molar-refractivity contribution in [2.24, 2.45) is 10.3 Å². The van der Waals surface area contributed by atoms with Crippen LogP contribution in [-0.4, -0.2) is 38.2 Å². The molecule has 0 aliphatic heterocycles. The maximum Gasteiger partial charge on any atom is 0.341 e. The van der Waals surface area contributed by atoms with Crippen LogP contribution in [0.15, 0.2) is 65.1 Å². The van der Waals surface area contributed by atoms with Gasteiger partial charge in [-0.15, -0.1) is 6.42 Å². The van der Waals surface area contributed by atoms with Crippen LogP contribution in [0.25, 0.3) is 5.57 Å². The number of terminal acetylenes is 1. The molecular weight excluding hydrogens is 415 g/mol. The fourth-order valence-electron chi connectivity index (χ4n) is 2.67. The molecule has 8 heteroatoms. The Morgan fingerprint density at radius 1 is 1.09 bits per heavy atom. The summed E-state index contributed by atoms with van der Waals surface area (Å²) in [5.41, 5.74) is 2.80. The van der Waals surface area contributed by atoms with Gasteiger partial charge >= 0.3 is 5.97 Å². The molecule has 0 saturated heterocycles. The highest BCUT2D eigenvalue weighted by Crippen LogP contribution is 2.22. The minimum absolute atomic E-state index is 0.0334. The number of oxime groups is 2. The predicted molar refractivity (Wildman–Crippen MR) is 119 cm³/mol. The summed E-state index contributed by atoms with van der Waals surface area (Å²) in [5.74, 6) is 1.38. The molecule has 0 aromatic heterocycles. The van der Waals surface area contributed by atoms with Crippen LogP contribution in [0.2, 0.25) is 0 Å². The lowest BCUT2D eigenvalue weighted by atomic mass is 10.0. The van der Waals surface area contributed by atoms with Crippen molar-refractivity contribution in [3.8, 4) is 12.3 Å². The molecule has 0 bridgehead atoms. The van der Waals surface area contributed by atoms with E-state index in [1.165, 1.54) is 32.6 Å². The zero-order chi connectivity index (χ0) is 23.3. The van der Waals surface area contributed by atoms with E-state index in [1.807, 2.05) is 0 Å². The number of rotatable bonds is 10. The molecule has 0 unspecified atom stereocenters. The number of ether oxygens (including phenoxy) is 2.